The van der Waals surface area contributed by atoms with Crippen LogP contribution in [0.2, 0.25) is 0 Å². The van der Waals surface area contributed by atoms with Gasteiger partial charge >= 0.3 is 6.03 Å². The van der Waals surface area contributed by atoms with Crippen molar-refractivity contribution in [3.05, 3.63) is 78.4 Å². The smallest absolute Gasteiger partial charge is 0.323 e. The number of aryl methyl sites for hydroxylation is 1. The van der Waals surface area contributed by atoms with Gasteiger partial charge in [-0.25, -0.2) is 14.8 Å². The minimum Gasteiger partial charge on any atom is -0.393 e. The molecule has 12 heteroatoms. The summed E-state index contributed by atoms with van der Waals surface area (Å²) in [7, 11) is 1.88. The Bertz CT molecular complexity index is 1620. The zero-order chi connectivity index (χ0) is 31.2. The molecule has 0 spiro atoms. The summed E-state index contributed by atoms with van der Waals surface area (Å²) in [5, 5.41) is 30.4. The predicted molar refractivity (Wildman–Crippen MR) is 171 cm³/mol. The number of nitrogens with zero attached hydrogens (tertiary/aromatic N) is 8. The van der Waals surface area contributed by atoms with Crippen LogP contribution in [0.1, 0.15) is 49.7 Å². The molecule has 0 unspecified atom stereocenters. The third-order valence-corrected chi connectivity index (χ3v) is 8.59. The zero-order valence-corrected chi connectivity index (χ0v) is 25.4. The van der Waals surface area contributed by atoms with Crippen molar-refractivity contribution in [3.63, 3.8) is 0 Å². The van der Waals surface area contributed by atoms with Gasteiger partial charge in [0.15, 0.2) is 5.82 Å². The Kier molecular flexibility index (Phi) is 9.17. The summed E-state index contributed by atoms with van der Waals surface area (Å²) < 4.78 is 1.75. The number of carbonyl (C=O) groups excluding carboxylic acids is 1. The van der Waals surface area contributed by atoms with Gasteiger partial charge in [0.1, 0.15) is 17.5 Å². The number of piperidine rings is 1. The maximum absolute atomic E-state index is 13.7. The highest BCUT2D eigenvalue weighted by molar-refractivity contribution is 5.91. The molecule has 6 rings (SSSR count). The minimum atomic E-state index is -0.310. The number of amides is 2. The van der Waals surface area contributed by atoms with E-state index in [2.05, 4.69) is 26.8 Å². The van der Waals surface area contributed by atoms with Crippen molar-refractivity contribution in [3.8, 4) is 17.2 Å². The molecule has 4 aromatic rings. The van der Waals surface area contributed by atoms with Crippen LogP contribution >= 0.6 is 0 Å². The normalized spacial score (nSPS) is 18.6. The largest absolute Gasteiger partial charge is 0.393 e. The van der Waals surface area contributed by atoms with E-state index in [4.69, 9.17) is 9.97 Å². The van der Waals surface area contributed by atoms with Gasteiger partial charge < -0.3 is 20.6 Å². The Balaban J connectivity index is 1.14. The van der Waals surface area contributed by atoms with Gasteiger partial charge in [0.2, 0.25) is 5.95 Å². The maximum Gasteiger partial charge on any atom is 0.323 e. The van der Waals surface area contributed by atoms with Crippen molar-refractivity contribution in [1.29, 1.82) is 5.26 Å². The fourth-order valence-corrected chi connectivity index (χ4v) is 6.09. The number of nitriles is 1. The molecular formula is C33H38N10O2. The molecule has 2 fully saturated rings. The Labute approximate surface area is 262 Å². The van der Waals surface area contributed by atoms with Crippen LogP contribution in [0, 0.1) is 11.3 Å². The maximum atomic E-state index is 13.7. The fourth-order valence-electron chi connectivity index (χ4n) is 6.09. The van der Waals surface area contributed by atoms with Crippen LogP contribution < -0.4 is 20.4 Å². The van der Waals surface area contributed by atoms with Crippen molar-refractivity contribution in [1.82, 2.24) is 30.0 Å². The van der Waals surface area contributed by atoms with E-state index in [-0.39, 0.29) is 24.2 Å². The molecule has 0 atom stereocenters. The van der Waals surface area contributed by atoms with Gasteiger partial charge in [0, 0.05) is 62.3 Å². The highest BCUT2D eigenvalue weighted by Gasteiger charge is 2.31. The summed E-state index contributed by atoms with van der Waals surface area (Å²) >= 11 is 0. The summed E-state index contributed by atoms with van der Waals surface area (Å²) in [5.41, 5.74) is 3.36. The molecule has 4 heterocycles. The summed E-state index contributed by atoms with van der Waals surface area (Å²) in [5.74, 6) is 1.71. The number of aliphatic hydroxyl groups excluding tert-OH is 1. The van der Waals surface area contributed by atoms with Crippen LogP contribution in [0.15, 0.2) is 67.3 Å². The molecule has 12 nitrogen and oxygen atoms in total. The van der Waals surface area contributed by atoms with E-state index in [9.17, 15) is 15.2 Å². The van der Waals surface area contributed by atoms with E-state index in [0.717, 1.165) is 42.4 Å². The average Bonchev–Trinajstić information content (AvgIpc) is 3.52. The van der Waals surface area contributed by atoms with Crippen molar-refractivity contribution >= 4 is 23.6 Å². The highest BCUT2D eigenvalue weighted by atomic mass is 16.3. The van der Waals surface area contributed by atoms with Crippen LogP contribution in [0.3, 0.4) is 0 Å². The van der Waals surface area contributed by atoms with Crippen LogP contribution in [0.5, 0.6) is 0 Å². The summed E-state index contributed by atoms with van der Waals surface area (Å²) in [6, 6.07) is 15.9. The van der Waals surface area contributed by atoms with Gasteiger partial charge in [0.05, 0.1) is 18.5 Å². The number of aliphatic hydroxyl groups is 1. The second-order valence-electron chi connectivity index (χ2n) is 11.7. The monoisotopic (exact) mass is 606 g/mol. The number of aromatic nitrogens is 5. The van der Waals surface area contributed by atoms with Gasteiger partial charge in [-0.1, -0.05) is 30.3 Å². The molecule has 1 saturated carbocycles. The SMILES string of the molecule is Cn1cc(-c2ccc(N(C(=O)NCc3ccccc3)[C@H]3CC[C@H](Nc4ncc(C#N)c(N5CCC(O)CC5)n4)CC3)nc2)cn1. The quantitative estimate of drug-likeness (QED) is 0.268. The zero-order valence-electron chi connectivity index (χ0n) is 25.4. The van der Waals surface area contributed by atoms with Crippen molar-refractivity contribution in [2.24, 2.45) is 7.05 Å². The lowest BCUT2D eigenvalue weighted by Crippen LogP contribution is -2.49. The molecular weight excluding hydrogens is 568 g/mol. The van der Waals surface area contributed by atoms with E-state index in [0.29, 0.717) is 55.6 Å². The first kappa shape index (κ1) is 30.0. The number of rotatable bonds is 8. The summed E-state index contributed by atoms with van der Waals surface area (Å²) in [4.78, 5) is 31.4. The van der Waals surface area contributed by atoms with Crippen molar-refractivity contribution in [2.75, 3.05) is 28.2 Å². The Hall–Kier alpha value is -5.02. The minimum absolute atomic E-state index is 0.0345. The van der Waals surface area contributed by atoms with Crippen molar-refractivity contribution < 1.29 is 9.90 Å². The number of carbonyl (C=O) groups is 1. The van der Waals surface area contributed by atoms with Crippen LogP contribution in [0.25, 0.3) is 11.1 Å². The fraction of sp³-hybridized carbons (Fsp3) is 0.394. The lowest BCUT2D eigenvalue weighted by atomic mass is 9.90. The van der Waals surface area contributed by atoms with Gasteiger partial charge in [-0.05, 0) is 56.2 Å². The second kappa shape index (κ2) is 13.7. The molecule has 0 radical (unpaired) electrons. The van der Waals surface area contributed by atoms with E-state index in [1.165, 1.54) is 0 Å². The average molecular weight is 607 g/mol. The van der Waals surface area contributed by atoms with E-state index < -0.39 is 0 Å². The third-order valence-electron chi connectivity index (χ3n) is 8.59. The van der Waals surface area contributed by atoms with Crippen LogP contribution in [-0.2, 0) is 13.6 Å². The van der Waals surface area contributed by atoms with Gasteiger partial charge in [0.25, 0.3) is 0 Å². The number of urea groups is 1. The predicted octanol–water partition coefficient (Wildman–Crippen LogP) is 4.24. The van der Waals surface area contributed by atoms with Crippen molar-refractivity contribution in [2.45, 2.75) is 63.3 Å². The number of hydrogen-bond acceptors (Lipinski definition) is 9. The first-order valence-corrected chi connectivity index (χ1v) is 15.5. The Morgan fingerprint density at radius 1 is 1.00 bits per heavy atom. The summed E-state index contributed by atoms with van der Waals surface area (Å²) in [6.07, 6.45) is 11.3. The topological polar surface area (TPSA) is 148 Å². The van der Waals surface area contributed by atoms with Gasteiger partial charge in [-0.3, -0.25) is 9.58 Å². The molecule has 1 saturated heterocycles. The lowest BCUT2D eigenvalue weighted by molar-refractivity contribution is 0.145. The summed E-state index contributed by atoms with van der Waals surface area (Å²) in [6.45, 7) is 1.73. The van der Waals surface area contributed by atoms with E-state index in [1.807, 2.05) is 60.6 Å². The van der Waals surface area contributed by atoms with Crippen LogP contribution in [0.4, 0.5) is 22.4 Å². The molecule has 2 amide bonds. The number of benzene rings is 1. The molecule has 1 aromatic carbocycles. The number of nitrogens with one attached hydrogen (secondary N) is 2. The van der Waals surface area contributed by atoms with E-state index in [1.54, 1.807) is 28.2 Å². The molecule has 3 N–H and O–H groups in total. The molecule has 0 bridgehead atoms. The second-order valence-corrected chi connectivity index (χ2v) is 11.7. The first-order chi connectivity index (χ1) is 22.0. The van der Waals surface area contributed by atoms with E-state index >= 15 is 0 Å². The highest BCUT2D eigenvalue weighted by Crippen LogP contribution is 2.30. The molecule has 1 aliphatic heterocycles. The standard InChI is InChI=1S/C33H38N10O2/c1-41-22-26(21-38-41)24-7-12-30(35-19-24)43(33(45)37-18-23-5-3-2-4-6-23)28-10-8-27(9-11-28)39-32-36-20-25(17-34)31(40-32)42-15-13-29(44)14-16-42/h2-7,12,19-22,27-29,44H,8-11,13-16,18H2,1H3,(H,37,45)(H,36,39,40)/t27-,28-. The number of anilines is 3. The molecule has 3 aromatic heterocycles. The number of pyridine rings is 1. The van der Waals surface area contributed by atoms with Crippen LogP contribution in [-0.4, -0.2) is 67.1 Å². The Morgan fingerprint density at radius 2 is 1.78 bits per heavy atom. The Morgan fingerprint density at radius 3 is 2.44 bits per heavy atom. The third kappa shape index (κ3) is 7.21. The molecule has 232 valence electrons. The van der Waals surface area contributed by atoms with Gasteiger partial charge in [-0.15, -0.1) is 0 Å². The number of hydrogen-bond donors (Lipinski definition) is 3. The first-order valence-electron chi connectivity index (χ1n) is 15.5. The molecule has 1 aliphatic carbocycles. The van der Waals surface area contributed by atoms with Gasteiger partial charge in [-0.2, -0.15) is 15.3 Å². The lowest BCUT2D eigenvalue weighted by Gasteiger charge is -2.36. The molecule has 2 aliphatic rings. The molecule has 45 heavy (non-hydrogen) atoms.